The molecule has 60 valence electrons. The van der Waals surface area contributed by atoms with Gasteiger partial charge in [0.05, 0.1) is 0 Å². The second-order valence-electron chi connectivity index (χ2n) is 3.68. The Kier molecular flexibility index (Phi) is 1.85. The van der Waals surface area contributed by atoms with Crippen LogP contribution in [-0.4, -0.2) is 4.98 Å². The van der Waals surface area contributed by atoms with Crippen molar-refractivity contribution < 1.29 is 0 Å². The van der Waals surface area contributed by atoms with Gasteiger partial charge in [-0.15, -0.1) is 0 Å². The number of hydrogen-bond acceptors (Lipinski definition) is 1. The Morgan fingerprint density at radius 3 is 2.27 bits per heavy atom. The highest BCUT2D eigenvalue weighted by Crippen LogP contribution is 2.17. The maximum Gasteiger partial charge on any atom is 0.248 e. The first kappa shape index (κ1) is 8.05. The Bertz CT molecular complexity index is 293. The maximum absolute atomic E-state index is 10.9. The lowest BCUT2D eigenvalue weighted by Gasteiger charge is -2.17. The second-order valence-corrected chi connectivity index (χ2v) is 3.68. The van der Waals surface area contributed by atoms with E-state index in [1.54, 1.807) is 6.07 Å². The first-order valence-electron chi connectivity index (χ1n) is 3.70. The molecule has 0 spiro atoms. The van der Waals surface area contributed by atoms with Gasteiger partial charge in [-0.25, -0.2) is 0 Å². The summed E-state index contributed by atoms with van der Waals surface area (Å²) in [5, 5.41) is 0. The van der Waals surface area contributed by atoms with Crippen LogP contribution in [0.15, 0.2) is 23.0 Å². The van der Waals surface area contributed by atoms with E-state index in [2.05, 4.69) is 25.8 Å². The quantitative estimate of drug-likeness (QED) is 0.601. The van der Waals surface area contributed by atoms with Crippen LogP contribution in [0.1, 0.15) is 26.5 Å². The molecule has 1 aromatic rings. The number of pyridine rings is 1. The Morgan fingerprint density at radius 1 is 1.27 bits per heavy atom. The number of nitrogens with one attached hydrogen (secondary N) is 1. The largest absolute Gasteiger partial charge is 0.326 e. The molecule has 1 N–H and O–H groups in total. The molecule has 0 fully saturated rings. The van der Waals surface area contributed by atoms with Crippen molar-refractivity contribution in [2.24, 2.45) is 0 Å². The van der Waals surface area contributed by atoms with Gasteiger partial charge < -0.3 is 4.98 Å². The lowest BCUT2D eigenvalue weighted by Crippen LogP contribution is -2.18. The summed E-state index contributed by atoms with van der Waals surface area (Å²) in [7, 11) is 0. The molecule has 0 atom stereocenters. The lowest BCUT2D eigenvalue weighted by molar-refractivity contribution is 0.567. The number of hydrogen-bond donors (Lipinski definition) is 1. The van der Waals surface area contributed by atoms with Gasteiger partial charge in [-0.3, -0.25) is 4.79 Å². The average Bonchev–Trinajstić information content (AvgIpc) is 1.86. The predicted molar refractivity (Wildman–Crippen MR) is 45.8 cm³/mol. The summed E-state index contributed by atoms with van der Waals surface area (Å²) in [5.41, 5.74) is 0.975. The highest BCUT2D eigenvalue weighted by Gasteiger charge is 2.13. The molecule has 0 saturated carbocycles. The minimum absolute atomic E-state index is 0.0282. The lowest BCUT2D eigenvalue weighted by atomic mass is 9.92. The van der Waals surface area contributed by atoms with E-state index in [-0.39, 0.29) is 11.0 Å². The second kappa shape index (κ2) is 2.53. The molecule has 0 bridgehead atoms. The maximum atomic E-state index is 10.9. The van der Waals surface area contributed by atoms with Crippen LogP contribution in [0.25, 0.3) is 0 Å². The number of rotatable bonds is 0. The standard InChI is InChI=1S/C9H13NO/c1-9(2,3)7-5-4-6-8(11)10-7/h4-6H,1-3H3,(H,10,11). The predicted octanol–water partition coefficient (Wildman–Crippen LogP) is 1.67. The molecular formula is C9H13NO. The molecular weight excluding hydrogens is 138 g/mol. The molecule has 0 aromatic carbocycles. The Morgan fingerprint density at radius 2 is 1.91 bits per heavy atom. The van der Waals surface area contributed by atoms with Gasteiger partial charge in [-0.1, -0.05) is 26.8 Å². The van der Waals surface area contributed by atoms with E-state index in [4.69, 9.17) is 0 Å². The zero-order valence-electron chi connectivity index (χ0n) is 7.14. The van der Waals surface area contributed by atoms with Gasteiger partial charge in [0.25, 0.3) is 0 Å². The first-order chi connectivity index (χ1) is 5.00. The molecule has 0 aliphatic rings. The van der Waals surface area contributed by atoms with Crippen molar-refractivity contribution in [1.29, 1.82) is 0 Å². The molecule has 0 aliphatic carbocycles. The fourth-order valence-electron chi connectivity index (χ4n) is 0.885. The minimum atomic E-state index is -0.0302. The van der Waals surface area contributed by atoms with Crippen molar-refractivity contribution in [2.75, 3.05) is 0 Å². The summed E-state index contributed by atoms with van der Waals surface area (Å²) in [6.45, 7) is 6.20. The molecule has 1 aromatic heterocycles. The summed E-state index contributed by atoms with van der Waals surface area (Å²) in [6, 6.07) is 5.23. The Hall–Kier alpha value is -1.05. The van der Waals surface area contributed by atoms with Gasteiger partial charge in [-0.05, 0) is 6.07 Å². The van der Waals surface area contributed by atoms with Crippen molar-refractivity contribution in [3.05, 3.63) is 34.2 Å². The van der Waals surface area contributed by atoms with Crippen LogP contribution in [0.3, 0.4) is 0 Å². The van der Waals surface area contributed by atoms with E-state index in [9.17, 15) is 4.79 Å². The molecule has 0 radical (unpaired) electrons. The van der Waals surface area contributed by atoms with Crippen LogP contribution < -0.4 is 5.56 Å². The van der Waals surface area contributed by atoms with Crippen molar-refractivity contribution in [3.8, 4) is 0 Å². The van der Waals surface area contributed by atoms with E-state index in [1.807, 2.05) is 6.07 Å². The summed E-state index contributed by atoms with van der Waals surface area (Å²) >= 11 is 0. The van der Waals surface area contributed by atoms with Crippen LogP contribution >= 0.6 is 0 Å². The van der Waals surface area contributed by atoms with Gasteiger partial charge in [0, 0.05) is 17.2 Å². The molecule has 2 heteroatoms. The van der Waals surface area contributed by atoms with Gasteiger partial charge in [0.1, 0.15) is 0 Å². The molecule has 2 nitrogen and oxygen atoms in total. The number of H-pyrrole nitrogens is 1. The van der Waals surface area contributed by atoms with Gasteiger partial charge in [0.2, 0.25) is 5.56 Å². The average molecular weight is 151 g/mol. The van der Waals surface area contributed by atoms with Crippen molar-refractivity contribution in [1.82, 2.24) is 4.98 Å². The molecule has 0 unspecified atom stereocenters. The fourth-order valence-corrected chi connectivity index (χ4v) is 0.885. The van der Waals surface area contributed by atoms with Crippen LogP contribution in [0.4, 0.5) is 0 Å². The Balaban J connectivity index is 3.16. The highest BCUT2D eigenvalue weighted by molar-refractivity contribution is 5.12. The molecule has 1 rings (SSSR count). The zero-order chi connectivity index (χ0) is 8.48. The van der Waals surface area contributed by atoms with Crippen molar-refractivity contribution >= 4 is 0 Å². The summed E-state index contributed by atoms with van der Waals surface area (Å²) < 4.78 is 0. The van der Waals surface area contributed by atoms with E-state index in [0.29, 0.717) is 0 Å². The normalized spacial score (nSPS) is 11.5. The third kappa shape index (κ3) is 1.93. The smallest absolute Gasteiger partial charge is 0.248 e. The summed E-state index contributed by atoms with van der Waals surface area (Å²) in [5.74, 6) is 0. The topological polar surface area (TPSA) is 32.9 Å². The third-order valence-corrected chi connectivity index (χ3v) is 1.58. The van der Waals surface area contributed by atoms with E-state index < -0.39 is 0 Å². The van der Waals surface area contributed by atoms with Gasteiger partial charge in [-0.2, -0.15) is 0 Å². The van der Waals surface area contributed by atoms with Crippen molar-refractivity contribution in [3.63, 3.8) is 0 Å². The van der Waals surface area contributed by atoms with Crippen LogP contribution in [0, 0.1) is 0 Å². The van der Waals surface area contributed by atoms with E-state index in [1.165, 1.54) is 6.07 Å². The van der Waals surface area contributed by atoms with Crippen LogP contribution in [-0.2, 0) is 5.41 Å². The molecule has 0 aliphatic heterocycles. The van der Waals surface area contributed by atoms with Crippen LogP contribution in [0.5, 0.6) is 0 Å². The SMILES string of the molecule is CC(C)(C)c1cccc(=O)[nH]1. The molecule has 11 heavy (non-hydrogen) atoms. The number of aromatic amines is 1. The zero-order valence-corrected chi connectivity index (χ0v) is 7.14. The van der Waals surface area contributed by atoms with Crippen LogP contribution in [0.2, 0.25) is 0 Å². The Labute approximate surface area is 66.3 Å². The highest BCUT2D eigenvalue weighted by atomic mass is 16.1. The van der Waals surface area contributed by atoms with Gasteiger partial charge >= 0.3 is 0 Å². The summed E-state index contributed by atoms with van der Waals surface area (Å²) in [4.78, 5) is 13.7. The molecule has 1 heterocycles. The third-order valence-electron chi connectivity index (χ3n) is 1.58. The molecule has 0 saturated heterocycles. The molecule has 0 amide bonds. The number of aromatic nitrogens is 1. The van der Waals surface area contributed by atoms with Gasteiger partial charge in [0.15, 0.2) is 0 Å². The van der Waals surface area contributed by atoms with E-state index in [0.717, 1.165) is 5.69 Å². The fraction of sp³-hybridized carbons (Fsp3) is 0.444. The first-order valence-corrected chi connectivity index (χ1v) is 3.70. The summed E-state index contributed by atoms with van der Waals surface area (Å²) in [6.07, 6.45) is 0. The minimum Gasteiger partial charge on any atom is -0.326 e. The van der Waals surface area contributed by atoms with Crippen molar-refractivity contribution in [2.45, 2.75) is 26.2 Å². The monoisotopic (exact) mass is 151 g/mol. The van der Waals surface area contributed by atoms with E-state index >= 15 is 0 Å².